The van der Waals surface area contributed by atoms with Crippen LogP contribution in [0.3, 0.4) is 0 Å². The molecule has 3 aromatic rings. The molecule has 1 unspecified atom stereocenters. The van der Waals surface area contributed by atoms with Crippen LogP contribution >= 0.6 is 11.6 Å². The molecule has 7 nitrogen and oxygen atoms in total. The number of methoxy groups -OCH3 is 3. The van der Waals surface area contributed by atoms with Crippen LogP contribution < -0.4 is 19.5 Å². The quantitative estimate of drug-likeness (QED) is 0.655. The predicted octanol–water partition coefficient (Wildman–Crippen LogP) is 4.33. The lowest BCUT2D eigenvalue weighted by Gasteiger charge is -2.26. The molecule has 30 heavy (non-hydrogen) atoms. The van der Waals surface area contributed by atoms with E-state index in [9.17, 15) is 4.79 Å². The first-order chi connectivity index (χ1) is 14.5. The first-order valence-corrected chi connectivity index (χ1v) is 9.79. The van der Waals surface area contributed by atoms with Gasteiger partial charge in [0.1, 0.15) is 5.82 Å². The van der Waals surface area contributed by atoms with Crippen LogP contribution in [0.5, 0.6) is 17.2 Å². The molecular formula is C22H22ClN3O4. The third kappa shape index (κ3) is 3.25. The van der Waals surface area contributed by atoms with Crippen LogP contribution in [0.1, 0.15) is 29.0 Å². The fourth-order valence-corrected chi connectivity index (χ4v) is 3.98. The van der Waals surface area contributed by atoms with E-state index >= 15 is 0 Å². The SMILES string of the molecule is COc1ccc(C2CC(=O)Nc3c2cnn3-c2ccc(C)c(Cl)c2)c(OC)c1OC. The molecular weight excluding hydrogens is 406 g/mol. The highest BCUT2D eigenvalue weighted by Crippen LogP contribution is 2.47. The number of nitrogens with one attached hydrogen (secondary N) is 1. The van der Waals surface area contributed by atoms with E-state index in [2.05, 4.69) is 10.4 Å². The van der Waals surface area contributed by atoms with E-state index in [1.54, 1.807) is 32.2 Å². The second-order valence-electron chi connectivity index (χ2n) is 7.02. The summed E-state index contributed by atoms with van der Waals surface area (Å²) in [6.45, 7) is 1.94. The third-order valence-electron chi connectivity index (χ3n) is 5.33. The van der Waals surface area contributed by atoms with Gasteiger partial charge in [-0.15, -0.1) is 0 Å². The molecule has 0 fully saturated rings. The molecule has 4 rings (SSSR count). The average molecular weight is 428 g/mol. The molecule has 0 bridgehead atoms. The Morgan fingerprint density at radius 2 is 1.83 bits per heavy atom. The predicted molar refractivity (Wildman–Crippen MR) is 114 cm³/mol. The van der Waals surface area contributed by atoms with Crippen LogP contribution in [0.25, 0.3) is 5.69 Å². The van der Waals surface area contributed by atoms with Crippen LogP contribution in [0.15, 0.2) is 36.5 Å². The molecule has 1 aliphatic heterocycles. The maximum absolute atomic E-state index is 12.6. The summed E-state index contributed by atoms with van der Waals surface area (Å²) in [5.74, 6) is 1.84. The summed E-state index contributed by atoms with van der Waals surface area (Å²) in [6.07, 6.45) is 2.03. The number of benzene rings is 2. The molecule has 2 aromatic carbocycles. The van der Waals surface area contributed by atoms with Gasteiger partial charge in [0.05, 0.1) is 33.2 Å². The third-order valence-corrected chi connectivity index (χ3v) is 5.74. The molecule has 1 N–H and O–H groups in total. The summed E-state index contributed by atoms with van der Waals surface area (Å²) >= 11 is 6.30. The van der Waals surface area contributed by atoms with E-state index in [-0.39, 0.29) is 18.2 Å². The number of aromatic nitrogens is 2. The molecule has 1 atom stereocenters. The van der Waals surface area contributed by atoms with Gasteiger partial charge in [-0.25, -0.2) is 4.68 Å². The topological polar surface area (TPSA) is 74.6 Å². The summed E-state index contributed by atoms with van der Waals surface area (Å²) in [4.78, 5) is 12.6. The Labute approximate surface area is 179 Å². The summed E-state index contributed by atoms with van der Waals surface area (Å²) in [5, 5.41) is 8.11. The van der Waals surface area contributed by atoms with Crippen molar-refractivity contribution in [3.8, 4) is 22.9 Å². The van der Waals surface area contributed by atoms with Gasteiger partial charge in [0.15, 0.2) is 11.5 Å². The maximum Gasteiger partial charge on any atom is 0.226 e. The number of hydrogen-bond donors (Lipinski definition) is 1. The molecule has 2 heterocycles. The lowest BCUT2D eigenvalue weighted by molar-refractivity contribution is -0.116. The highest BCUT2D eigenvalue weighted by atomic mass is 35.5. The molecule has 0 saturated heterocycles. The molecule has 8 heteroatoms. The Balaban J connectivity index is 1.86. The second-order valence-corrected chi connectivity index (χ2v) is 7.43. The average Bonchev–Trinajstić information content (AvgIpc) is 3.17. The maximum atomic E-state index is 12.6. The molecule has 1 aliphatic rings. The highest BCUT2D eigenvalue weighted by molar-refractivity contribution is 6.31. The lowest BCUT2D eigenvalue weighted by Crippen LogP contribution is -2.25. The number of anilines is 1. The van der Waals surface area contributed by atoms with Gasteiger partial charge in [0.2, 0.25) is 11.7 Å². The van der Waals surface area contributed by atoms with Crippen molar-refractivity contribution >= 4 is 23.3 Å². The van der Waals surface area contributed by atoms with Gasteiger partial charge in [-0.1, -0.05) is 23.7 Å². The van der Waals surface area contributed by atoms with Gasteiger partial charge < -0.3 is 19.5 Å². The van der Waals surface area contributed by atoms with Gasteiger partial charge in [-0.05, 0) is 30.7 Å². The van der Waals surface area contributed by atoms with Crippen LogP contribution in [-0.4, -0.2) is 37.0 Å². The summed E-state index contributed by atoms with van der Waals surface area (Å²) in [5.41, 5.74) is 3.45. The zero-order valence-corrected chi connectivity index (χ0v) is 17.9. The van der Waals surface area contributed by atoms with Gasteiger partial charge in [-0.3, -0.25) is 4.79 Å². The molecule has 0 aliphatic carbocycles. The number of amides is 1. The van der Waals surface area contributed by atoms with E-state index in [1.165, 1.54) is 0 Å². The van der Waals surface area contributed by atoms with Crippen molar-refractivity contribution < 1.29 is 19.0 Å². The Kier molecular flexibility index (Phi) is 5.30. The summed E-state index contributed by atoms with van der Waals surface area (Å²) in [6, 6.07) is 9.38. The first-order valence-electron chi connectivity index (χ1n) is 9.41. The van der Waals surface area contributed by atoms with E-state index in [4.69, 9.17) is 25.8 Å². The number of carbonyl (C=O) groups is 1. The fraction of sp³-hybridized carbons (Fsp3) is 0.273. The first kappa shape index (κ1) is 20.1. The van der Waals surface area contributed by atoms with Crippen LogP contribution in [0, 0.1) is 6.92 Å². The van der Waals surface area contributed by atoms with Crippen LogP contribution in [0.2, 0.25) is 5.02 Å². The number of aryl methyl sites for hydroxylation is 1. The smallest absolute Gasteiger partial charge is 0.226 e. The van der Waals surface area contributed by atoms with Gasteiger partial charge in [0.25, 0.3) is 0 Å². The van der Waals surface area contributed by atoms with Crippen molar-refractivity contribution in [2.24, 2.45) is 0 Å². The van der Waals surface area contributed by atoms with Crippen LogP contribution in [0.4, 0.5) is 5.82 Å². The number of hydrogen-bond acceptors (Lipinski definition) is 5. The van der Waals surface area contributed by atoms with E-state index in [1.807, 2.05) is 37.3 Å². The van der Waals surface area contributed by atoms with Crippen LogP contribution in [-0.2, 0) is 4.79 Å². The number of nitrogens with zero attached hydrogens (tertiary/aromatic N) is 2. The Morgan fingerprint density at radius 3 is 2.50 bits per heavy atom. The fourth-order valence-electron chi connectivity index (χ4n) is 3.81. The normalized spacial score (nSPS) is 15.4. The standard InChI is InChI=1S/C22H22ClN3O4/c1-12-5-6-13(9-17(12)23)26-22-16(11-24-26)15(10-19(27)25-22)14-7-8-18(28-2)21(30-4)20(14)29-3/h5-9,11,15H,10H2,1-4H3,(H,25,27). The monoisotopic (exact) mass is 427 g/mol. The Bertz CT molecular complexity index is 1130. The number of ether oxygens (including phenoxy) is 3. The van der Waals surface area contributed by atoms with Crippen molar-refractivity contribution in [1.29, 1.82) is 0 Å². The molecule has 0 spiro atoms. The van der Waals surface area contributed by atoms with Gasteiger partial charge in [-0.2, -0.15) is 5.10 Å². The Hall–Kier alpha value is -3.19. The van der Waals surface area contributed by atoms with Crippen molar-refractivity contribution in [2.45, 2.75) is 19.3 Å². The molecule has 1 aromatic heterocycles. The molecule has 0 radical (unpaired) electrons. The summed E-state index contributed by atoms with van der Waals surface area (Å²) in [7, 11) is 4.70. The second kappa shape index (κ2) is 7.91. The molecule has 1 amide bonds. The van der Waals surface area contributed by atoms with E-state index in [0.29, 0.717) is 28.1 Å². The highest BCUT2D eigenvalue weighted by Gasteiger charge is 2.33. The van der Waals surface area contributed by atoms with Gasteiger partial charge in [0, 0.05) is 28.5 Å². The molecule has 0 saturated carbocycles. The van der Waals surface area contributed by atoms with Gasteiger partial charge >= 0.3 is 0 Å². The zero-order valence-electron chi connectivity index (χ0n) is 17.2. The minimum absolute atomic E-state index is 0.107. The van der Waals surface area contributed by atoms with Crippen molar-refractivity contribution in [3.63, 3.8) is 0 Å². The number of fused-ring (bicyclic) bond motifs is 1. The summed E-state index contributed by atoms with van der Waals surface area (Å²) < 4.78 is 18.2. The van der Waals surface area contributed by atoms with Crippen molar-refractivity contribution in [2.75, 3.05) is 26.6 Å². The Morgan fingerprint density at radius 1 is 1.07 bits per heavy atom. The minimum atomic E-state index is -0.252. The number of rotatable bonds is 5. The molecule has 156 valence electrons. The van der Waals surface area contributed by atoms with Crippen molar-refractivity contribution in [1.82, 2.24) is 9.78 Å². The largest absolute Gasteiger partial charge is 0.493 e. The number of carbonyl (C=O) groups excluding carboxylic acids is 1. The van der Waals surface area contributed by atoms with E-state index in [0.717, 1.165) is 22.4 Å². The lowest BCUT2D eigenvalue weighted by atomic mass is 9.86. The number of halogens is 1. The van der Waals surface area contributed by atoms with Crippen molar-refractivity contribution in [3.05, 3.63) is 58.2 Å². The van der Waals surface area contributed by atoms with E-state index < -0.39 is 0 Å². The minimum Gasteiger partial charge on any atom is -0.493 e. The zero-order chi connectivity index (χ0) is 21.4.